The molecule has 6 rings (SSSR count). The van der Waals surface area contributed by atoms with Crippen LogP contribution in [0, 0.1) is 11.7 Å². The summed E-state index contributed by atoms with van der Waals surface area (Å²) in [6.07, 6.45) is 8.11. The zero-order chi connectivity index (χ0) is 27.1. The van der Waals surface area contributed by atoms with Crippen LogP contribution in [0.3, 0.4) is 0 Å². The lowest BCUT2D eigenvalue weighted by molar-refractivity contribution is 0.0856. The molecule has 224 valence electrons. The highest BCUT2D eigenvalue weighted by Gasteiger charge is 2.29. The second-order valence-electron chi connectivity index (χ2n) is 10.3. The van der Waals surface area contributed by atoms with E-state index in [1.54, 1.807) is 24.5 Å². The fraction of sp³-hybridized carbons (Fsp3) is 0.310. The molecule has 1 saturated carbocycles. The van der Waals surface area contributed by atoms with Crippen LogP contribution in [0.25, 0.3) is 22.3 Å². The quantitative estimate of drug-likeness (QED) is 0.188. The Morgan fingerprint density at radius 2 is 1.83 bits per heavy atom. The Bertz CT molecular complexity index is 1550. The number of phenols is 1. The molecule has 2 aliphatic rings. The third-order valence-corrected chi connectivity index (χ3v) is 7.85. The average molecular weight is 656 g/mol. The van der Waals surface area contributed by atoms with E-state index in [2.05, 4.69) is 20.2 Å². The molecule has 1 unspecified atom stereocenters. The molecule has 0 bridgehead atoms. The Morgan fingerprint density at radius 3 is 2.48 bits per heavy atom. The summed E-state index contributed by atoms with van der Waals surface area (Å²) >= 11 is 6.02. The van der Waals surface area contributed by atoms with Crippen molar-refractivity contribution in [2.75, 3.05) is 23.3 Å². The van der Waals surface area contributed by atoms with Crippen LogP contribution in [0.15, 0.2) is 48.8 Å². The van der Waals surface area contributed by atoms with Gasteiger partial charge in [0, 0.05) is 36.8 Å². The fourth-order valence-electron chi connectivity index (χ4n) is 5.15. The standard InChI is InChI=1S/C29H28ClFN6O2.3ClH/c30-21-11-17(12-22(31)29(21)39)23-7-8-24-27(36-23)26(20(14-33-24)28(38)16-3-1-4-16)35-19-6-9-25(34-13-19)37-10-2-5-18(32)15-37;;;/h6-9,11-14,16,18,39H,1-5,10,15,32H2,(H,33,35);3*1H. The van der Waals surface area contributed by atoms with E-state index >= 15 is 0 Å². The molecule has 1 aliphatic carbocycles. The summed E-state index contributed by atoms with van der Waals surface area (Å²) in [7, 11) is 0. The van der Waals surface area contributed by atoms with E-state index in [0.29, 0.717) is 39.2 Å². The number of hydrogen-bond donors (Lipinski definition) is 3. The van der Waals surface area contributed by atoms with Crippen molar-refractivity contribution in [2.45, 2.75) is 38.1 Å². The first kappa shape index (κ1) is 33.6. The van der Waals surface area contributed by atoms with Crippen LogP contribution in [0.5, 0.6) is 5.75 Å². The lowest BCUT2D eigenvalue weighted by Crippen LogP contribution is -2.43. The minimum Gasteiger partial charge on any atom is -0.504 e. The SMILES string of the molecule is Cl.Cl.Cl.NC1CCCN(c2ccc(Nc3c(C(=O)C4CCC4)cnc4ccc(-c5cc(F)c(O)c(Cl)c5)nc34)cn2)C1. The second-order valence-corrected chi connectivity index (χ2v) is 10.7. The number of nitrogens with zero attached hydrogens (tertiary/aromatic N) is 4. The number of phenolic OH excluding ortho intramolecular Hbond substituents is 1. The number of aromatic hydroxyl groups is 1. The first-order valence-corrected chi connectivity index (χ1v) is 13.5. The van der Waals surface area contributed by atoms with Crippen molar-refractivity contribution in [3.63, 3.8) is 0 Å². The largest absolute Gasteiger partial charge is 0.504 e. The van der Waals surface area contributed by atoms with Gasteiger partial charge in [0.1, 0.15) is 11.3 Å². The topological polar surface area (TPSA) is 117 Å². The number of anilines is 3. The average Bonchev–Trinajstić information content (AvgIpc) is 2.90. The number of pyridine rings is 3. The molecule has 1 saturated heterocycles. The molecule has 0 radical (unpaired) electrons. The van der Waals surface area contributed by atoms with Crippen molar-refractivity contribution in [2.24, 2.45) is 11.7 Å². The second kappa shape index (κ2) is 14.0. The van der Waals surface area contributed by atoms with Crippen LogP contribution >= 0.6 is 48.8 Å². The van der Waals surface area contributed by atoms with Gasteiger partial charge in [-0.15, -0.1) is 37.2 Å². The minimum atomic E-state index is -0.842. The summed E-state index contributed by atoms with van der Waals surface area (Å²) in [4.78, 5) is 29.5. The number of nitrogens with two attached hydrogens (primary N) is 1. The molecule has 0 amide bonds. The van der Waals surface area contributed by atoms with Gasteiger partial charge in [-0.05, 0) is 62.1 Å². The monoisotopic (exact) mass is 654 g/mol. The number of rotatable bonds is 6. The van der Waals surface area contributed by atoms with Crippen LogP contribution in [0.1, 0.15) is 42.5 Å². The number of benzene rings is 1. The number of nitrogens with one attached hydrogen (secondary N) is 1. The van der Waals surface area contributed by atoms with Crippen molar-refractivity contribution in [3.05, 3.63) is 65.2 Å². The molecule has 1 aromatic carbocycles. The maximum Gasteiger partial charge on any atom is 0.170 e. The Labute approximate surface area is 266 Å². The van der Waals surface area contributed by atoms with Crippen LogP contribution in [0.4, 0.5) is 21.6 Å². The fourth-order valence-corrected chi connectivity index (χ4v) is 5.36. The highest BCUT2D eigenvalue weighted by Crippen LogP contribution is 2.37. The van der Waals surface area contributed by atoms with Gasteiger partial charge < -0.3 is 21.1 Å². The van der Waals surface area contributed by atoms with E-state index in [1.807, 2.05) is 12.1 Å². The van der Waals surface area contributed by atoms with Gasteiger partial charge in [0.2, 0.25) is 0 Å². The van der Waals surface area contributed by atoms with E-state index in [1.165, 1.54) is 12.1 Å². The van der Waals surface area contributed by atoms with Crippen molar-refractivity contribution >= 4 is 82.8 Å². The number of aromatic nitrogens is 3. The van der Waals surface area contributed by atoms with E-state index < -0.39 is 11.6 Å². The molecular weight excluding hydrogens is 625 g/mol. The van der Waals surface area contributed by atoms with Gasteiger partial charge in [0.05, 0.1) is 39.4 Å². The summed E-state index contributed by atoms with van der Waals surface area (Å²) in [5.74, 6) is -0.614. The lowest BCUT2D eigenvalue weighted by Gasteiger charge is -2.31. The predicted molar refractivity (Wildman–Crippen MR) is 172 cm³/mol. The Morgan fingerprint density at radius 1 is 1.05 bits per heavy atom. The van der Waals surface area contributed by atoms with E-state index in [-0.39, 0.29) is 60.0 Å². The van der Waals surface area contributed by atoms with Gasteiger partial charge in [0.15, 0.2) is 17.3 Å². The number of fused-ring (bicyclic) bond motifs is 1. The highest BCUT2D eigenvalue weighted by atomic mass is 35.5. The lowest BCUT2D eigenvalue weighted by atomic mass is 9.80. The first-order chi connectivity index (χ1) is 18.9. The highest BCUT2D eigenvalue weighted by molar-refractivity contribution is 6.32. The number of halogens is 5. The van der Waals surface area contributed by atoms with Gasteiger partial charge in [-0.1, -0.05) is 18.0 Å². The molecule has 13 heteroatoms. The van der Waals surface area contributed by atoms with Crippen LogP contribution in [0.2, 0.25) is 5.02 Å². The maximum atomic E-state index is 14.3. The normalized spacial score (nSPS) is 16.5. The van der Waals surface area contributed by atoms with Crippen LogP contribution < -0.4 is 16.0 Å². The van der Waals surface area contributed by atoms with E-state index in [0.717, 1.165) is 51.0 Å². The maximum absolute atomic E-state index is 14.3. The third kappa shape index (κ3) is 6.66. The third-order valence-electron chi connectivity index (χ3n) is 7.57. The van der Waals surface area contributed by atoms with Gasteiger partial charge in [0.25, 0.3) is 0 Å². The zero-order valence-corrected chi connectivity index (χ0v) is 25.6. The molecule has 8 nitrogen and oxygen atoms in total. The van der Waals surface area contributed by atoms with E-state index in [4.69, 9.17) is 22.3 Å². The van der Waals surface area contributed by atoms with Gasteiger partial charge >= 0.3 is 0 Å². The molecule has 42 heavy (non-hydrogen) atoms. The number of piperidine rings is 1. The summed E-state index contributed by atoms with van der Waals surface area (Å²) < 4.78 is 14.3. The van der Waals surface area contributed by atoms with Gasteiger partial charge in [-0.25, -0.2) is 14.4 Å². The Balaban J connectivity index is 0.00000161. The number of hydrogen-bond acceptors (Lipinski definition) is 8. The van der Waals surface area contributed by atoms with Gasteiger partial charge in [-0.3, -0.25) is 9.78 Å². The van der Waals surface area contributed by atoms with Crippen molar-refractivity contribution < 1.29 is 14.3 Å². The van der Waals surface area contributed by atoms with E-state index in [9.17, 15) is 14.3 Å². The molecule has 1 aliphatic heterocycles. The molecule has 0 spiro atoms. The van der Waals surface area contributed by atoms with Crippen molar-refractivity contribution in [1.29, 1.82) is 0 Å². The molecule has 4 N–H and O–H groups in total. The molecule has 4 heterocycles. The van der Waals surface area contributed by atoms with Crippen molar-refractivity contribution in [3.8, 4) is 17.0 Å². The van der Waals surface area contributed by atoms with Gasteiger partial charge in [-0.2, -0.15) is 0 Å². The molecule has 2 fully saturated rings. The number of ketones is 1. The van der Waals surface area contributed by atoms with Crippen LogP contribution in [-0.2, 0) is 0 Å². The number of Topliss-reactive ketones (excluding diaryl/α,β-unsaturated/α-hetero) is 1. The number of carbonyl (C=O) groups is 1. The Kier molecular flexibility index (Phi) is 11.2. The molecule has 3 aromatic heterocycles. The minimum absolute atomic E-state index is 0. The first-order valence-electron chi connectivity index (χ1n) is 13.1. The molecular formula is C29H31Cl4FN6O2. The molecule has 1 atom stereocenters. The smallest absolute Gasteiger partial charge is 0.170 e. The predicted octanol–water partition coefficient (Wildman–Crippen LogP) is 7.11. The molecule has 4 aromatic rings. The summed E-state index contributed by atoms with van der Waals surface area (Å²) in [6.45, 7) is 1.68. The van der Waals surface area contributed by atoms with Crippen molar-refractivity contribution in [1.82, 2.24) is 15.0 Å². The number of carbonyl (C=O) groups excluding carboxylic acids is 1. The summed E-state index contributed by atoms with van der Waals surface area (Å²) in [5.41, 5.74) is 9.68. The zero-order valence-electron chi connectivity index (χ0n) is 22.4. The Hall–Kier alpha value is -2.95. The van der Waals surface area contributed by atoms with Crippen LogP contribution in [-0.4, -0.2) is 45.0 Å². The summed E-state index contributed by atoms with van der Waals surface area (Å²) in [5, 5.41) is 13.0. The summed E-state index contributed by atoms with van der Waals surface area (Å²) in [6, 6.07) is 10.1.